The second-order valence-corrected chi connectivity index (χ2v) is 7.05. The molecule has 1 amide bonds. The highest BCUT2D eigenvalue weighted by molar-refractivity contribution is 5.73. The maximum absolute atomic E-state index is 11.6. The van der Waals surface area contributed by atoms with E-state index in [1.54, 1.807) is 18.9 Å². The van der Waals surface area contributed by atoms with E-state index in [2.05, 4.69) is 10.1 Å². The minimum Gasteiger partial charge on any atom is -0.496 e. The summed E-state index contributed by atoms with van der Waals surface area (Å²) in [7, 11) is 1.67. The van der Waals surface area contributed by atoms with Crippen LogP contribution in [-0.4, -0.2) is 41.1 Å². The van der Waals surface area contributed by atoms with Crippen molar-refractivity contribution in [3.05, 3.63) is 41.5 Å². The average Bonchev–Trinajstić information content (AvgIpc) is 3.06. The molecule has 2 aliphatic rings. The Labute approximate surface area is 146 Å². The zero-order valence-electron chi connectivity index (χ0n) is 14.5. The maximum atomic E-state index is 11.6. The van der Waals surface area contributed by atoms with E-state index in [0.717, 1.165) is 24.2 Å². The Morgan fingerprint density at radius 3 is 2.72 bits per heavy atom. The van der Waals surface area contributed by atoms with Gasteiger partial charge in [0.2, 0.25) is 11.8 Å². The zero-order chi connectivity index (χ0) is 17.7. The Bertz CT molecular complexity index is 814. The molecule has 2 fully saturated rings. The molecule has 1 saturated heterocycles. The van der Waals surface area contributed by atoms with Crippen molar-refractivity contribution in [3.8, 4) is 5.75 Å². The molecule has 132 valence electrons. The topological polar surface area (TPSA) is 94.5 Å². The number of carbonyl (C=O) groups is 1. The molecule has 25 heavy (non-hydrogen) atoms. The van der Waals surface area contributed by atoms with Crippen molar-refractivity contribution < 1.29 is 14.1 Å². The zero-order valence-corrected chi connectivity index (χ0v) is 14.5. The van der Waals surface area contributed by atoms with Crippen LogP contribution in [0.1, 0.15) is 43.5 Å². The van der Waals surface area contributed by atoms with Crippen LogP contribution in [-0.2, 0) is 15.7 Å². The molecule has 1 aromatic heterocycles. The summed E-state index contributed by atoms with van der Waals surface area (Å²) in [5.74, 6) is 1.91. The number of ether oxygens (including phenoxy) is 1. The van der Waals surface area contributed by atoms with Crippen LogP contribution < -0.4 is 10.5 Å². The summed E-state index contributed by atoms with van der Waals surface area (Å²) < 4.78 is 11.0. The van der Waals surface area contributed by atoms with Crippen LogP contribution in [0.2, 0.25) is 0 Å². The SMILES string of the molecule is COc1ccccc1C1(c2noc(C3(N)CCN(C(C)=O)C3)n2)CC1. The number of aromatic nitrogens is 2. The van der Waals surface area contributed by atoms with Crippen molar-refractivity contribution in [2.24, 2.45) is 5.73 Å². The molecule has 1 saturated carbocycles. The first kappa shape index (κ1) is 16.1. The third-order valence-corrected chi connectivity index (χ3v) is 5.40. The number of carbonyl (C=O) groups excluding carboxylic acids is 1. The Hall–Kier alpha value is -2.41. The van der Waals surface area contributed by atoms with Crippen molar-refractivity contribution in [1.29, 1.82) is 0 Å². The number of methoxy groups -OCH3 is 1. The highest BCUT2D eigenvalue weighted by Gasteiger charge is 2.52. The number of hydrogen-bond donors (Lipinski definition) is 1. The molecule has 2 N–H and O–H groups in total. The lowest BCUT2D eigenvalue weighted by molar-refractivity contribution is -0.128. The molecule has 7 heteroatoms. The van der Waals surface area contributed by atoms with E-state index in [4.69, 9.17) is 15.0 Å². The van der Waals surface area contributed by atoms with E-state index >= 15 is 0 Å². The predicted octanol–water partition coefficient (Wildman–Crippen LogP) is 1.56. The first-order chi connectivity index (χ1) is 12.0. The van der Waals surface area contributed by atoms with Crippen LogP contribution in [0.5, 0.6) is 5.75 Å². The largest absolute Gasteiger partial charge is 0.496 e. The Morgan fingerprint density at radius 1 is 1.32 bits per heavy atom. The number of nitrogens with zero attached hydrogens (tertiary/aromatic N) is 3. The van der Waals surface area contributed by atoms with Gasteiger partial charge in [-0.15, -0.1) is 0 Å². The number of likely N-dealkylation sites (tertiary alicyclic amines) is 1. The van der Waals surface area contributed by atoms with Crippen LogP contribution in [0.25, 0.3) is 0 Å². The van der Waals surface area contributed by atoms with Gasteiger partial charge in [-0.25, -0.2) is 0 Å². The van der Waals surface area contributed by atoms with Crippen molar-refractivity contribution in [2.45, 2.75) is 37.1 Å². The molecule has 0 spiro atoms. The molecule has 1 aromatic carbocycles. The van der Waals surface area contributed by atoms with E-state index in [0.29, 0.717) is 31.2 Å². The molecular formula is C18H22N4O3. The first-order valence-electron chi connectivity index (χ1n) is 8.51. The minimum absolute atomic E-state index is 0.0137. The summed E-state index contributed by atoms with van der Waals surface area (Å²) in [5, 5.41) is 4.24. The van der Waals surface area contributed by atoms with Crippen molar-refractivity contribution in [3.63, 3.8) is 0 Å². The Kier molecular flexibility index (Phi) is 3.57. The molecule has 7 nitrogen and oxygen atoms in total. The number of hydrogen-bond acceptors (Lipinski definition) is 6. The second kappa shape index (κ2) is 5.56. The van der Waals surface area contributed by atoms with Crippen molar-refractivity contribution in [1.82, 2.24) is 15.0 Å². The van der Waals surface area contributed by atoms with E-state index < -0.39 is 5.54 Å². The molecule has 1 aliphatic heterocycles. The van der Waals surface area contributed by atoms with Gasteiger partial charge in [0.25, 0.3) is 0 Å². The second-order valence-electron chi connectivity index (χ2n) is 7.05. The van der Waals surface area contributed by atoms with E-state index in [1.807, 2.05) is 24.3 Å². The van der Waals surface area contributed by atoms with Gasteiger partial charge in [-0.2, -0.15) is 4.98 Å². The maximum Gasteiger partial charge on any atom is 0.248 e. The normalized spacial score (nSPS) is 24.4. The van der Waals surface area contributed by atoms with Crippen molar-refractivity contribution >= 4 is 5.91 Å². The van der Waals surface area contributed by atoms with E-state index in [1.165, 1.54) is 0 Å². The van der Waals surface area contributed by atoms with Gasteiger partial charge >= 0.3 is 0 Å². The minimum atomic E-state index is -0.770. The van der Waals surface area contributed by atoms with Gasteiger partial charge in [0.1, 0.15) is 11.3 Å². The quantitative estimate of drug-likeness (QED) is 0.906. The molecular weight excluding hydrogens is 320 g/mol. The number of nitrogens with two attached hydrogens (primary N) is 1. The number of amides is 1. The molecule has 0 radical (unpaired) electrons. The highest BCUT2D eigenvalue weighted by Crippen LogP contribution is 2.55. The number of rotatable bonds is 4. The third kappa shape index (κ3) is 2.50. The van der Waals surface area contributed by atoms with Gasteiger partial charge in [0.15, 0.2) is 5.82 Å². The average molecular weight is 342 g/mol. The summed E-state index contributed by atoms with van der Waals surface area (Å²) in [4.78, 5) is 18.0. The molecule has 2 aromatic rings. The Morgan fingerprint density at radius 2 is 2.08 bits per heavy atom. The van der Waals surface area contributed by atoms with Gasteiger partial charge in [-0.1, -0.05) is 23.4 Å². The molecule has 1 aliphatic carbocycles. The fourth-order valence-electron chi connectivity index (χ4n) is 3.67. The highest BCUT2D eigenvalue weighted by atomic mass is 16.5. The smallest absolute Gasteiger partial charge is 0.248 e. The molecule has 1 unspecified atom stereocenters. The molecule has 0 bridgehead atoms. The first-order valence-corrected chi connectivity index (χ1v) is 8.51. The number of benzene rings is 1. The van der Waals surface area contributed by atoms with Crippen LogP contribution in [0.15, 0.2) is 28.8 Å². The standard InChI is InChI=1S/C18H22N4O3/c1-12(23)22-10-9-18(19,11-22)16-20-15(21-25-16)17(7-8-17)13-5-3-4-6-14(13)24-2/h3-6H,7-11,19H2,1-2H3. The van der Waals surface area contributed by atoms with E-state index in [-0.39, 0.29) is 11.3 Å². The van der Waals surface area contributed by atoms with E-state index in [9.17, 15) is 4.79 Å². The van der Waals surface area contributed by atoms with Crippen LogP contribution >= 0.6 is 0 Å². The van der Waals surface area contributed by atoms with Gasteiger partial charge in [-0.3, -0.25) is 4.79 Å². The van der Waals surface area contributed by atoms with Crippen LogP contribution in [0, 0.1) is 0 Å². The lowest BCUT2D eigenvalue weighted by atomic mass is 9.94. The predicted molar refractivity (Wildman–Crippen MR) is 90.0 cm³/mol. The lowest BCUT2D eigenvalue weighted by Crippen LogP contribution is -2.41. The van der Waals surface area contributed by atoms with Gasteiger partial charge < -0.3 is 19.9 Å². The fourth-order valence-corrected chi connectivity index (χ4v) is 3.67. The summed E-state index contributed by atoms with van der Waals surface area (Å²) in [5.41, 5.74) is 6.51. The van der Waals surface area contributed by atoms with Gasteiger partial charge in [0.05, 0.1) is 12.5 Å². The molecule has 2 heterocycles. The monoisotopic (exact) mass is 342 g/mol. The third-order valence-electron chi connectivity index (χ3n) is 5.40. The van der Waals surface area contributed by atoms with Crippen LogP contribution in [0.4, 0.5) is 0 Å². The summed E-state index contributed by atoms with van der Waals surface area (Å²) in [6, 6.07) is 7.94. The molecule has 4 rings (SSSR count). The summed E-state index contributed by atoms with van der Waals surface area (Å²) in [6.45, 7) is 2.57. The van der Waals surface area contributed by atoms with Crippen molar-refractivity contribution in [2.75, 3.05) is 20.2 Å². The lowest BCUT2D eigenvalue weighted by Gasteiger charge is -2.19. The van der Waals surface area contributed by atoms with Gasteiger partial charge in [-0.05, 0) is 25.3 Å². The fraction of sp³-hybridized carbons (Fsp3) is 0.500. The van der Waals surface area contributed by atoms with Crippen LogP contribution in [0.3, 0.4) is 0 Å². The van der Waals surface area contributed by atoms with Gasteiger partial charge in [0, 0.05) is 25.6 Å². The summed E-state index contributed by atoms with van der Waals surface area (Å²) in [6.07, 6.45) is 2.52. The summed E-state index contributed by atoms with van der Waals surface area (Å²) >= 11 is 0. The Balaban J connectivity index is 1.65. The number of para-hydroxylation sites is 1. The molecule has 1 atom stereocenters.